The first kappa shape index (κ1) is 15.7. The molecule has 2 N–H and O–H groups in total. The number of benzene rings is 2. The molecule has 2 aromatic carbocycles. The molecule has 2 aromatic rings. The molecule has 0 saturated heterocycles. The Labute approximate surface area is 128 Å². The molecule has 0 radical (unpaired) electrons. The number of hydrogen-bond acceptors (Lipinski definition) is 5. The van der Waals surface area contributed by atoms with Gasteiger partial charge in [0, 0.05) is 0 Å². The van der Waals surface area contributed by atoms with Crippen LogP contribution in [0.1, 0.15) is 28.4 Å². The summed E-state index contributed by atoms with van der Waals surface area (Å²) in [5.74, 6) is -1.56. The van der Waals surface area contributed by atoms with E-state index in [2.05, 4.69) is 0 Å². The second kappa shape index (κ2) is 6.85. The smallest absolute Gasteiger partial charge is 0.342 e. The van der Waals surface area contributed by atoms with Crippen molar-refractivity contribution in [3.05, 3.63) is 53.1 Å². The summed E-state index contributed by atoms with van der Waals surface area (Å²) < 4.78 is 10.4. The van der Waals surface area contributed by atoms with Crippen LogP contribution >= 0.6 is 0 Å². The first-order valence-electron chi connectivity index (χ1n) is 6.94. The maximum absolute atomic E-state index is 11.8. The molecule has 5 nitrogen and oxygen atoms in total. The maximum atomic E-state index is 11.8. The van der Waals surface area contributed by atoms with Crippen LogP contribution in [-0.4, -0.2) is 22.8 Å². The van der Waals surface area contributed by atoms with Gasteiger partial charge >= 0.3 is 5.97 Å². The van der Waals surface area contributed by atoms with Gasteiger partial charge < -0.3 is 19.7 Å². The predicted octanol–water partition coefficient (Wildman–Crippen LogP) is 3.16. The molecule has 0 spiro atoms. The van der Waals surface area contributed by atoms with E-state index in [1.165, 1.54) is 6.07 Å². The van der Waals surface area contributed by atoms with Gasteiger partial charge in [-0.15, -0.1) is 0 Å². The number of aromatic hydroxyl groups is 2. The molecule has 0 bridgehead atoms. The molecular weight excluding hydrogens is 284 g/mol. The van der Waals surface area contributed by atoms with E-state index in [-0.39, 0.29) is 24.5 Å². The fourth-order valence-corrected chi connectivity index (χ4v) is 2.07. The molecule has 0 fully saturated rings. The summed E-state index contributed by atoms with van der Waals surface area (Å²) in [6.07, 6.45) is 0. The number of ether oxygens (including phenoxy) is 2. The van der Waals surface area contributed by atoms with Crippen LogP contribution < -0.4 is 4.74 Å². The summed E-state index contributed by atoms with van der Waals surface area (Å²) in [4.78, 5) is 11.8. The van der Waals surface area contributed by atoms with Crippen LogP contribution in [0.5, 0.6) is 17.2 Å². The number of hydrogen-bond donors (Lipinski definition) is 2. The van der Waals surface area contributed by atoms with Crippen LogP contribution in [0, 0.1) is 6.92 Å². The molecule has 0 saturated carbocycles. The van der Waals surface area contributed by atoms with E-state index in [1.54, 1.807) is 13.8 Å². The molecule has 0 aliphatic rings. The van der Waals surface area contributed by atoms with Gasteiger partial charge in [0.05, 0.1) is 6.61 Å². The standard InChI is InChI=1S/C17H18O5/c1-3-21-17(20)14-11(2)9-13(15(18)16(14)19)22-10-12-7-5-4-6-8-12/h4-9,18-19H,3,10H2,1-2H3. The number of rotatable bonds is 5. The van der Waals surface area contributed by atoms with Crippen molar-refractivity contribution in [2.75, 3.05) is 6.61 Å². The van der Waals surface area contributed by atoms with Gasteiger partial charge in [-0.25, -0.2) is 4.79 Å². The Balaban J connectivity index is 2.25. The third-order valence-electron chi connectivity index (χ3n) is 3.15. The van der Waals surface area contributed by atoms with E-state index in [0.717, 1.165) is 5.56 Å². The maximum Gasteiger partial charge on any atom is 0.342 e. The molecule has 5 heteroatoms. The summed E-state index contributed by atoms with van der Waals surface area (Å²) >= 11 is 0. The first-order valence-corrected chi connectivity index (χ1v) is 6.94. The Kier molecular flexibility index (Phi) is 4.88. The summed E-state index contributed by atoms with van der Waals surface area (Å²) in [5.41, 5.74) is 1.34. The summed E-state index contributed by atoms with van der Waals surface area (Å²) in [7, 11) is 0. The summed E-state index contributed by atoms with van der Waals surface area (Å²) in [5, 5.41) is 20.0. The van der Waals surface area contributed by atoms with Gasteiger partial charge in [-0.2, -0.15) is 0 Å². The van der Waals surface area contributed by atoms with E-state index >= 15 is 0 Å². The number of phenolic OH excluding ortho intramolecular Hbond substituents is 2. The molecule has 116 valence electrons. The minimum atomic E-state index is -0.678. The highest BCUT2D eigenvalue weighted by atomic mass is 16.5. The molecule has 0 amide bonds. The highest BCUT2D eigenvalue weighted by Crippen LogP contribution is 2.40. The van der Waals surface area contributed by atoms with Crippen molar-refractivity contribution in [2.45, 2.75) is 20.5 Å². The normalized spacial score (nSPS) is 10.3. The topological polar surface area (TPSA) is 76.0 Å². The number of aryl methyl sites for hydroxylation is 1. The average Bonchev–Trinajstić information content (AvgIpc) is 2.51. The zero-order valence-electron chi connectivity index (χ0n) is 12.5. The van der Waals surface area contributed by atoms with Crippen molar-refractivity contribution >= 4 is 5.97 Å². The summed E-state index contributed by atoms with van der Waals surface area (Å²) in [6.45, 7) is 3.74. The third kappa shape index (κ3) is 3.31. The minimum absolute atomic E-state index is 0.0496. The number of esters is 1. The molecule has 0 heterocycles. The van der Waals surface area contributed by atoms with Gasteiger partial charge in [0.25, 0.3) is 0 Å². The van der Waals surface area contributed by atoms with Gasteiger partial charge in [0.2, 0.25) is 5.75 Å². The first-order chi connectivity index (χ1) is 10.5. The van der Waals surface area contributed by atoms with Gasteiger partial charge in [-0.3, -0.25) is 0 Å². The van der Waals surface area contributed by atoms with Crippen molar-refractivity contribution in [1.82, 2.24) is 0 Å². The van der Waals surface area contributed by atoms with E-state index < -0.39 is 17.5 Å². The Morgan fingerprint density at radius 1 is 1.14 bits per heavy atom. The molecule has 2 rings (SSSR count). The lowest BCUT2D eigenvalue weighted by Crippen LogP contribution is -2.08. The molecule has 0 atom stereocenters. The lowest BCUT2D eigenvalue weighted by atomic mass is 10.1. The van der Waals surface area contributed by atoms with Gasteiger partial charge in [0.15, 0.2) is 11.5 Å². The summed E-state index contributed by atoms with van der Waals surface area (Å²) in [6, 6.07) is 10.9. The predicted molar refractivity (Wildman–Crippen MR) is 81.2 cm³/mol. The lowest BCUT2D eigenvalue weighted by Gasteiger charge is -2.14. The lowest BCUT2D eigenvalue weighted by molar-refractivity contribution is 0.0521. The zero-order chi connectivity index (χ0) is 16.1. The zero-order valence-corrected chi connectivity index (χ0v) is 12.5. The Morgan fingerprint density at radius 2 is 1.82 bits per heavy atom. The van der Waals surface area contributed by atoms with E-state index in [1.807, 2.05) is 30.3 Å². The van der Waals surface area contributed by atoms with Crippen molar-refractivity contribution in [3.63, 3.8) is 0 Å². The Morgan fingerprint density at radius 3 is 2.45 bits per heavy atom. The molecule has 22 heavy (non-hydrogen) atoms. The average molecular weight is 302 g/mol. The van der Waals surface area contributed by atoms with Crippen LogP contribution in [-0.2, 0) is 11.3 Å². The van der Waals surface area contributed by atoms with E-state index in [4.69, 9.17) is 9.47 Å². The van der Waals surface area contributed by atoms with Crippen LogP contribution in [0.4, 0.5) is 0 Å². The van der Waals surface area contributed by atoms with Crippen molar-refractivity contribution < 1.29 is 24.5 Å². The van der Waals surface area contributed by atoms with Crippen molar-refractivity contribution in [3.8, 4) is 17.2 Å². The highest BCUT2D eigenvalue weighted by molar-refractivity contribution is 5.95. The second-order valence-electron chi connectivity index (χ2n) is 4.76. The van der Waals surface area contributed by atoms with Gasteiger partial charge in [-0.1, -0.05) is 30.3 Å². The number of carbonyl (C=O) groups excluding carboxylic acids is 1. The third-order valence-corrected chi connectivity index (χ3v) is 3.15. The molecular formula is C17H18O5. The largest absolute Gasteiger partial charge is 0.504 e. The van der Waals surface area contributed by atoms with E-state index in [0.29, 0.717) is 5.56 Å². The van der Waals surface area contributed by atoms with Crippen LogP contribution in [0.15, 0.2) is 36.4 Å². The highest BCUT2D eigenvalue weighted by Gasteiger charge is 2.22. The van der Waals surface area contributed by atoms with Crippen LogP contribution in [0.25, 0.3) is 0 Å². The molecule has 0 aliphatic heterocycles. The monoisotopic (exact) mass is 302 g/mol. The minimum Gasteiger partial charge on any atom is -0.504 e. The Hall–Kier alpha value is -2.69. The van der Waals surface area contributed by atoms with Gasteiger partial charge in [0.1, 0.15) is 12.2 Å². The molecule has 0 aromatic heterocycles. The second-order valence-corrected chi connectivity index (χ2v) is 4.76. The number of carbonyl (C=O) groups is 1. The molecule has 0 aliphatic carbocycles. The van der Waals surface area contributed by atoms with Crippen LogP contribution in [0.2, 0.25) is 0 Å². The van der Waals surface area contributed by atoms with Crippen molar-refractivity contribution in [1.29, 1.82) is 0 Å². The fourth-order valence-electron chi connectivity index (χ4n) is 2.07. The SMILES string of the molecule is CCOC(=O)c1c(C)cc(OCc2ccccc2)c(O)c1O. The van der Waals surface area contributed by atoms with E-state index in [9.17, 15) is 15.0 Å². The Bertz CT molecular complexity index is 664. The quantitative estimate of drug-likeness (QED) is 0.655. The van der Waals surface area contributed by atoms with Crippen LogP contribution in [0.3, 0.4) is 0 Å². The number of phenols is 2. The van der Waals surface area contributed by atoms with Crippen molar-refractivity contribution in [2.24, 2.45) is 0 Å². The fraction of sp³-hybridized carbons (Fsp3) is 0.235. The van der Waals surface area contributed by atoms with Gasteiger partial charge in [-0.05, 0) is 31.0 Å². The molecule has 0 unspecified atom stereocenters.